The van der Waals surface area contributed by atoms with Gasteiger partial charge in [0, 0.05) is 10.2 Å². The van der Waals surface area contributed by atoms with E-state index in [2.05, 4.69) is 28.6 Å². The van der Waals surface area contributed by atoms with Gasteiger partial charge in [-0.15, -0.1) is 0 Å². The molecular weight excluding hydrogens is 407 g/mol. The Labute approximate surface area is 165 Å². The van der Waals surface area contributed by atoms with Gasteiger partial charge in [0.15, 0.2) is 0 Å². The molecular formula is C22H14BrFN2O. The van der Waals surface area contributed by atoms with Gasteiger partial charge in [0.25, 0.3) is 5.91 Å². The van der Waals surface area contributed by atoms with Gasteiger partial charge < -0.3 is 0 Å². The van der Waals surface area contributed by atoms with E-state index in [-0.39, 0.29) is 11.7 Å². The normalized spacial score (nSPS) is 10.1. The predicted octanol–water partition coefficient (Wildman–Crippen LogP) is 5.98. The topological polar surface area (TPSA) is 44.1 Å². The minimum atomic E-state index is -0.344. The van der Waals surface area contributed by atoms with E-state index in [4.69, 9.17) is 0 Å². The van der Waals surface area contributed by atoms with E-state index in [1.54, 1.807) is 42.5 Å². The molecule has 27 heavy (non-hydrogen) atoms. The number of carbonyl (C=O) groups excluding carboxylic acids is 1. The van der Waals surface area contributed by atoms with Gasteiger partial charge >= 0.3 is 0 Å². The summed E-state index contributed by atoms with van der Waals surface area (Å²) in [6.45, 7) is 3.56. The molecule has 0 aliphatic heterocycles. The van der Waals surface area contributed by atoms with Crippen LogP contribution in [-0.4, -0.2) is 5.91 Å². The van der Waals surface area contributed by atoms with Crippen molar-refractivity contribution < 1.29 is 9.18 Å². The number of benzene rings is 3. The SMILES string of the molecule is C=CC(=O)N(c1ccc(Br)cc1)c1ccc(-c2ccc(F)cc2)cc1C#N. The molecule has 3 rings (SSSR count). The van der Waals surface area contributed by atoms with Crippen molar-refractivity contribution in [1.29, 1.82) is 5.26 Å². The number of halogens is 2. The van der Waals surface area contributed by atoms with E-state index in [0.29, 0.717) is 16.9 Å². The van der Waals surface area contributed by atoms with Crippen LogP contribution < -0.4 is 4.90 Å². The Hall–Kier alpha value is -3.23. The van der Waals surface area contributed by atoms with Gasteiger partial charge in [-0.1, -0.05) is 40.7 Å². The highest BCUT2D eigenvalue weighted by atomic mass is 79.9. The maximum atomic E-state index is 13.2. The zero-order valence-electron chi connectivity index (χ0n) is 14.2. The van der Waals surface area contributed by atoms with E-state index in [9.17, 15) is 14.4 Å². The smallest absolute Gasteiger partial charge is 0.254 e. The summed E-state index contributed by atoms with van der Waals surface area (Å²) in [5, 5.41) is 9.65. The van der Waals surface area contributed by atoms with Crippen molar-refractivity contribution in [2.75, 3.05) is 4.90 Å². The molecule has 0 bridgehead atoms. The van der Waals surface area contributed by atoms with Crippen LogP contribution >= 0.6 is 15.9 Å². The molecule has 0 heterocycles. The van der Waals surface area contributed by atoms with Gasteiger partial charge in [-0.05, 0) is 65.7 Å². The minimum Gasteiger partial charge on any atom is -0.276 e. The van der Waals surface area contributed by atoms with Crippen molar-refractivity contribution in [1.82, 2.24) is 0 Å². The molecule has 0 unspecified atom stereocenters. The third-order valence-corrected chi connectivity index (χ3v) is 4.54. The number of nitriles is 1. The molecule has 3 aromatic carbocycles. The number of anilines is 2. The Balaban J connectivity index is 2.11. The highest BCUT2D eigenvalue weighted by molar-refractivity contribution is 9.10. The first-order valence-corrected chi connectivity index (χ1v) is 8.85. The first-order valence-electron chi connectivity index (χ1n) is 8.05. The average Bonchev–Trinajstić information content (AvgIpc) is 2.70. The molecule has 0 saturated heterocycles. The maximum absolute atomic E-state index is 13.2. The van der Waals surface area contributed by atoms with E-state index in [1.165, 1.54) is 23.1 Å². The number of carbonyl (C=O) groups is 1. The average molecular weight is 421 g/mol. The van der Waals surface area contributed by atoms with Crippen molar-refractivity contribution >= 4 is 33.2 Å². The largest absolute Gasteiger partial charge is 0.276 e. The van der Waals surface area contributed by atoms with Crippen LogP contribution in [0.2, 0.25) is 0 Å². The molecule has 0 saturated carbocycles. The number of hydrogen-bond donors (Lipinski definition) is 0. The number of amides is 1. The first kappa shape index (κ1) is 18.6. The second-order valence-corrected chi connectivity index (χ2v) is 6.62. The van der Waals surface area contributed by atoms with Gasteiger partial charge in [0.1, 0.15) is 11.9 Å². The highest BCUT2D eigenvalue weighted by Gasteiger charge is 2.19. The van der Waals surface area contributed by atoms with Crippen molar-refractivity contribution in [3.8, 4) is 17.2 Å². The minimum absolute atomic E-state index is 0.325. The zero-order chi connectivity index (χ0) is 19.4. The Morgan fingerprint density at radius 1 is 1.04 bits per heavy atom. The molecule has 0 N–H and O–H groups in total. The Kier molecular flexibility index (Phi) is 5.49. The van der Waals surface area contributed by atoms with Crippen molar-refractivity contribution in [3.05, 3.63) is 95.2 Å². The van der Waals surface area contributed by atoms with E-state index < -0.39 is 0 Å². The van der Waals surface area contributed by atoms with Crippen LogP contribution in [0.3, 0.4) is 0 Å². The third kappa shape index (κ3) is 3.97. The van der Waals surface area contributed by atoms with Crippen molar-refractivity contribution in [2.45, 2.75) is 0 Å². The molecule has 0 spiro atoms. The lowest BCUT2D eigenvalue weighted by molar-refractivity contribution is -0.113. The number of hydrogen-bond acceptors (Lipinski definition) is 2. The molecule has 0 aromatic heterocycles. The summed E-state index contributed by atoms with van der Waals surface area (Å²) in [5.41, 5.74) is 2.95. The van der Waals surface area contributed by atoms with Crippen molar-refractivity contribution in [3.63, 3.8) is 0 Å². The van der Waals surface area contributed by atoms with Gasteiger partial charge in [-0.2, -0.15) is 5.26 Å². The van der Waals surface area contributed by atoms with Gasteiger partial charge in [-0.25, -0.2) is 4.39 Å². The summed E-state index contributed by atoms with van der Waals surface area (Å²) in [6, 6.07) is 20.6. The molecule has 0 radical (unpaired) electrons. The van der Waals surface area contributed by atoms with Crippen molar-refractivity contribution in [2.24, 2.45) is 0 Å². The van der Waals surface area contributed by atoms with Crippen LogP contribution in [0.25, 0.3) is 11.1 Å². The summed E-state index contributed by atoms with van der Waals surface area (Å²) in [4.78, 5) is 13.9. The quantitative estimate of drug-likeness (QED) is 0.487. The summed E-state index contributed by atoms with van der Waals surface area (Å²) in [5.74, 6) is -0.669. The lowest BCUT2D eigenvalue weighted by Gasteiger charge is -2.23. The van der Waals surface area contributed by atoms with E-state index >= 15 is 0 Å². The molecule has 1 amide bonds. The van der Waals surface area contributed by atoms with Gasteiger partial charge in [0.2, 0.25) is 0 Å². The highest BCUT2D eigenvalue weighted by Crippen LogP contribution is 2.33. The fourth-order valence-electron chi connectivity index (χ4n) is 2.71. The Bertz CT molecular complexity index is 1040. The summed E-state index contributed by atoms with van der Waals surface area (Å²) < 4.78 is 14.0. The standard InChI is InChI=1S/C22H14BrFN2O/c1-2-22(27)26(20-10-6-18(23)7-11-20)21-12-5-16(13-17(21)14-25)15-3-8-19(24)9-4-15/h2-13H,1H2. The summed E-state index contributed by atoms with van der Waals surface area (Å²) in [7, 11) is 0. The van der Waals surface area contributed by atoms with Crippen LogP contribution in [0.15, 0.2) is 83.9 Å². The third-order valence-electron chi connectivity index (χ3n) is 4.02. The Morgan fingerprint density at radius 2 is 1.67 bits per heavy atom. The second kappa shape index (κ2) is 7.98. The van der Waals surface area contributed by atoms with Crippen LogP contribution in [-0.2, 0) is 4.79 Å². The van der Waals surface area contributed by atoms with Crippen LogP contribution in [0.4, 0.5) is 15.8 Å². The van der Waals surface area contributed by atoms with Gasteiger partial charge in [0.05, 0.1) is 11.3 Å². The molecule has 0 fully saturated rings. The first-order chi connectivity index (χ1) is 13.0. The van der Waals surface area contributed by atoms with Crippen LogP contribution in [0.1, 0.15) is 5.56 Å². The van der Waals surface area contributed by atoms with E-state index in [1.807, 2.05) is 12.1 Å². The fourth-order valence-corrected chi connectivity index (χ4v) is 2.97. The summed E-state index contributed by atoms with van der Waals surface area (Å²) in [6.07, 6.45) is 1.21. The van der Waals surface area contributed by atoms with Crippen LogP contribution in [0.5, 0.6) is 0 Å². The summed E-state index contributed by atoms with van der Waals surface area (Å²) >= 11 is 3.37. The number of nitrogens with zero attached hydrogens (tertiary/aromatic N) is 2. The van der Waals surface area contributed by atoms with Crippen LogP contribution in [0, 0.1) is 17.1 Å². The Morgan fingerprint density at radius 3 is 2.26 bits per heavy atom. The number of rotatable bonds is 4. The molecule has 3 aromatic rings. The monoisotopic (exact) mass is 420 g/mol. The molecule has 132 valence electrons. The lowest BCUT2D eigenvalue weighted by atomic mass is 10.0. The zero-order valence-corrected chi connectivity index (χ0v) is 15.8. The molecule has 5 heteroatoms. The predicted molar refractivity (Wildman–Crippen MR) is 108 cm³/mol. The lowest BCUT2D eigenvalue weighted by Crippen LogP contribution is -2.24. The molecule has 0 aliphatic carbocycles. The molecule has 0 aliphatic rings. The second-order valence-electron chi connectivity index (χ2n) is 5.70. The fraction of sp³-hybridized carbons (Fsp3) is 0. The van der Waals surface area contributed by atoms with E-state index in [0.717, 1.165) is 15.6 Å². The molecule has 3 nitrogen and oxygen atoms in total. The maximum Gasteiger partial charge on any atom is 0.254 e. The van der Waals surface area contributed by atoms with Gasteiger partial charge in [-0.3, -0.25) is 9.69 Å². The molecule has 0 atom stereocenters.